The minimum atomic E-state index is -0.128. The van der Waals surface area contributed by atoms with Crippen LogP contribution in [0.2, 0.25) is 0 Å². The van der Waals surface area contributed by atoms with E-state index in [4.69, 9.17) is 14.2 Å². The summed E-state index contributed by atoms with van der Waals surface area (Å²) in [5.41, 5.74) is 1.81. The zero-order valence-corrected chi connectivity index (χ0v) is 18.9. The summed E-state index contributed by atoms with van der Waals surface area (Å²) >= 11 is 1.31. The number of ether oxygens (including phenoxy) is 3. The number of nitrogens with one attached hydrogen (secondary N) is 1. The third-order valence-corrected chi connectivity index (χ3v) is 5.41. The van der Waals surface area contributed by atoms with Crippen molar-refractivity contribution in [3.8, 4) is 17.2 Å². The highest BCUT2D eigenvalue weighted by Gasteiger charge is 2.13. The summed E-state index contributed by atoms with van der Waals surface area (Å²) in [7, 11) is 3.45. The largest absolute Gasteiger partial charge is 0.497 e. The molecule has 0 aliphatic carbocycles. The number of carbonyl (C=O) groups excluding carboxylic acids is 1. The number of aromatic nitrogens is 3. The molecule has 0 radical (unpaired) electrons. The summed E-state index contributed by atoms with van der Waals surface area (Å²) < 4.78 is 18.5. The SMILES string of the molecule is CCOc1cc(C)ccc1OCc1nnc(SCC(=O)Nc2ccc(OC)cc2)n1C. The first-order chi connectivity index (χ1) is 15.0. The number of hydrogen-bond donors (Lipinski definition) is 1. The Morgan fingerprint density at radius 2 is 1.87 bits per heavy atom. The Morgan fingerprint density at radius 3 is 2.58 bits per heavy atom. The first-order valence-corrected chi connectivity index (χ1v) is 10.8. The molecular weight excluding hydrogens is 416 g/mol. The highest BCUT2D eigenvalue weighted by Crippen LogP contribution is 2.29. The van der Waals surface area contributed by atoms with Gasteiger partial charge in [0.25, 0.3) is 0 Å². The van der Waals surface area contributed by atoms with Crippen molar-refractivity contribution < 1.29 is 19.0 Å². The van der Waals surface area contributed by atoms with Crippen molar-refractivity contribution in [3.05, 3.63) is 53.9 Å². The van der Waals surface area contributed by atoms with E-state index in [1.807, 2.05) is 43.7 Å². The van der Waals surface area contributed by atoms with Crippen LogP contribution in [0.4, 0.5) is 5.69 Å². The number of anilines is 1. The number of rotatable bonds is 10. The highest BCUT2D eigenvalue weighted by molar-refractivity contribution is 7.99. The Kier molecular flexibility index (Phi) is 7.77. The van der Waals surface area contributed by atoms with E-state index in [1.165, 1.54) is 11.8 Å². The Balaban J connectivity index is 1.54. The Hall–Kier alpha value is -3.20. The molecule has 1 aromatic heterocycles. The van der Waals surface area contributed by atoms with E-state index in [0.29, 0.717) is 34.8 Å². The highest BCUT2D eigenvalue weighted by atomic mass is 32.2. The number of benzene rings is 2. The Labute approximate surface area is 185 Å². The van der Waals surface area contributed by atoms with Gasteiger partial charge in [0.1, 0.15) is 12.4 Å². The number of carbonyl (C=O) groups is 1. The van der Waals surface area contributed by atoms with Gasteiger partial charge in [-0.1, -0.05) is 17.8 Å². The minimum Gasteiger partial charge on any atom is -0.497 e. The zero-order valence-electron chi connectivity index (χ0n) is 18.0. The van der Waals surface area contributed by atoms with E-state index >= 15 is 0 Å². The molecular formula is C22H26N4O4S. The molecule has 1 heterocycles. The average Bonchev–Trinajstić information content (AvgIpc) is 3.12. The van der Waals surface area contributed by atoms with Gasteiger partial charge in [-0.05, 0) is 55.8 Å². The van der Waals surface area contributed by atoms with Crippen LogP contribution in [-0.4, -0.2) is 40.1 Å². The number of methoxy groups -OCH3 is 1. The van der Waals surface area contributed by atoms with Crippen LogP contribution >= 0.6 is 11.8 Å². The van der Waals surface area contributed by atoms with Crippen molar-refractivity contribution in [1.82, 2.24) is 14.8 Å². The van der Waals surface area contributed by atoms with Crippen molar-refractivity contribution in [3.63, 3.8) is 0 Å². The van der Waals surface area contributed by atoms with Crippen molar-refractivity contribution in [2.45, 2.75) is 25.6 Å². The lowest BCUT2D eigenvalue weighted by Gasteiger charge is -2.12. The lowest BCUT2D eigenvalue weighted by atomic mass is 10.2. The zero-order chi connectivity index (χ0) is 22.2. The molecule has 0 unspecified atom stereocenters. The van der Waals surface area contributed by atoms with Crippen LogP contribution in [0.1, 0.15) is 18.3 Å². The Morgan fingerprint density at radius 1 is 1.10 bits per heavy atom. The molecule has 3 rings (SSSR count). The predicted octanol–water partition coefficient (Wildman–Crippen LogP) is 3.84. The van der Waals surface area contributed by atoms with Crippen LogP contribution < -0.4 is 19.5 Å². The maximum atomic E-state index is 12.2. The quantitative estimate of drug-likeness (QED) is 0.477. The number of hydrogen-bond acceptors (Lipinski definition) is 7. The molecule has 164 valence electrons. The summed E-state index contributed by atoms with van der Waals surface area (Å²) in [5, 5.41) is 11.8. The van der Waals surface area contributed by atoms with Gasteiger partial charge in [-0.25, -0.2) is 0 Å². The molecule has 1 amide bonds. The first kappa shape index (κ1) is 22.5. The van der Waals surface area contributed by atoms with Crippen LogP contribution in [0.5, 0.6) is 17.2 Å². The second-order valence-electron chi connectivity index (χ2n) is 6.70. The van der Waals surface area contributed by atoms with Gasteiger partial charge < -0.3 is 24.1 Å². The second kappa shape index (κ2) is 10.7. The average molecular weight is 443 g/mol. The fourth-order valence-corrected chi connectivity index (χ4v) is 3.47. The van der Waals surface area contributed by atoms with Crippen LogP contribution in [0.15, 0.2) is 47.6 Å². The molecule has 0 spiro atoms. The van der Waals surface area contributed by atoms with Gasteiger partial charge in [-0.2, -0.15) is 0 Å². The Bertz CT molecular complexity index is 1020. The molecule has 1 N–H and O–H groups in total. The summed E-state index contributed by atoms with van der Waals surface area (Å²) in [6.07, 6.45) is 0. The molecule has 0 bridgehead atoms. The second-order valence-corrected chi connectivity index (χ2v) is 7.64. The van der Waals surface area contributed by atoms with Gasteiger partial charge in [0.15, 0.2) is 22.5 Å². The fraction of sp³-hybridized carbons (Fsp3) is 0.318. The molecule has 0 aliphatic heterocycles. The van der Waals surface area contributed by atoms with Gasteiger partial charge in [0, 0.05) is 12.7 Å². The summed E-state index contributed by atoms with van der Waals surface area (Å²) in [5.74, 6) is 2.84. The van der Waals surface area contributed by atoms with Crippen LogP contribution in [0.25, 0.3) is 0 Å². The lowest BCUT2D eigenvalue weighted by Crippen LogP contribution is -2.14. The molecule has 0 saturated heterocycles. The van der Waals surface area contributed by atoms with E-state index in [0.717, 1.165) is 11.3 Å². The third-order valence-electron chi connectivity index (χ3n) is 4.39. The molecule has 0 fully saturated rings. The van der Waals surface area contributed by atoms with Crippen LogP contribution in [-0.2, 0) is 18.4 Å². The maximum Gasteiger partial charge on any atom is 0.234 e. The van der Waals surface area contributed by atoms with Gasteiger partial charge in [0.05, 0.1) is 19.5 Å². The predicted molar refractivity (Wildman–Crippen MR) is 120 cm³/mol. The van der Waals surface area contributed by atoms with Gasteiger partial charge >= 0.3 is 0 Å². The van der Waals surface area contributed by atoms with Crippen molar-refractivity contribution in [2.24, 2.45) is 7.05 Å². The van der Waals surface area contributed by atoms with E-state index in [2.05, 4.69) is 15.5 Å². The molecule has 31 heavy (non-hydrogen) atoms. The fourth-order valence-electron chi connectivity index (χ4n) is 2.74. The molecule has 0 saturated carbocycles. The smallest absolute Gasteiger partial charge is 0.234 e. The van der Waals surface area contributed by atoms with E-state index in [1.54, 1.807) is 31.4 Å². The maximum absolute atomic E-state index is 12.2. The molecule has 0 atom stereocenters. The van der Waals surface area contributed by atoms with E-state index in [-0.39, 0.29) is 18.3 Å². The number of aryl methyl sites for hydroxylation is 1. The van der Waals surface area contributed by atoms with Crippen LogP contribution in [0.3, 0.4) is 0 Å². The first-order valence-electron chi connectivity index (χ1n) is 9.81. The van der Waals surface area contributed by atoms with E-state index < -0.39 is 0 Å². The van der Waals surface area contributed by atoms with Gasteiger partial charge in [-0.15, -0.1) is 10.2 Å². The standard InChI is InChI=1S/C22H26N4O4S/c1-5-29-19-12-15(2)6-11-18(19)30-13-20-24-25-22(26(20)3)31-14-21(27)23-16-7-9-17(28-4)10-8-16/h6-12H,5,13-14H2,1-4H3,(H,23,27). The molecule has 0 aliphatic rings. The molecule has 2 aromatic carbocycles. The summed E-state index contributed by atoms with van der Waals surface area (Å²) in [6, 6.07) is 13.0. The summed E-state index contributed by atoms with van der Waals surface area (Å²) in [6.45, 7) is 4.74. The number of amides is 1. The van der Waals surface area contributed by atoms with Gasteiger partial charge in [0.2, 0.25) is 5.91 Å². The normalized spacial score (nSPS) is 10.6. The number of thioether (sulfide) groups is 1. The lowest BCUT2D eigenvalue weighted by molar-refractivity contribution is -0.113. The molecule has 3 aromatic rings. The van der Waals surface area contributed by atoms with Crippen molar-refractivity contribution in [2.75, 3.05) is 24.8 Å². The van der Waals surface area contributed by atoms with Crippen molar-refractivity contribution in [1.29, 1.82) is 0 Å². The molecule has 8 nitrogen and oxygen atoms in total. The monoisotopic (exact) mass is 442 g/mol. The summed E-state index contributed by atoms with van der Waals surface area (Å²) in [4.78, 5) is 12.2. The third kappa shape index (κ3) is 6.14. The van der Waals surface area contributed by atoms with Gasteiger partial charge in [-0.3, -0.25) is 4.79 Å². The van der Waals surface area contributed by atoms with Crippen LogP contribution in [0, 0.1) is 6.92 Å². The molecule has 9 heteroatoms. The van der Waals surface area contributed by atoms with E-state index in [9.17, 15) is 4.79 Å². The number of nitrogens with zero attached hydrogens (tertiary/aromatic N) is 3. The minimum absolute atomic E-state index is 0.128. The topological polar surface area (TPSA) is 87.5 Å². The van der Waals surface area contributed by atoms with Crippen molar-refractivity contribution >= 4 is 23.4 Å².